The van der Waals surface area contributed by atoms with Gasteiger partial charge in [-0.25, -0.2) is 9.78 Å². The Bertz CT molecular complexity index is 601. The maximum absolute atomic E-state index is 11.9. The van der Waals surface area contributed by atoms with Crippen molar-refractivity contribution in [2.75, 3.05) is 14.1 Å². The Balaban J connectivity index is 2.71. The number of carboxylic acid groups (broad SMARTS) is 1. The van der Waals surface area contributed by atoms with Crippen LogP contribution in [0.5, 0.6) is 0 Å². The first-order chi connectivity index (χ1) is 8.00. The molecular weight excluding hydrogens is 222 g/mol. The van der Waals surface area contributed by atoms with Gasteiger partial charge < -0.3 is 10.0 Å². The van der Waals surface area contributed by atoms with Crippen molar-refractivity contribution in [3.63, 3.8) is 0 Å². The summed E-state index contributed by atoms with van der Waals surface area (Å²) < 4.78 is 1.56. The molecule has 0 aliphatic carbocycles. The number of aromatic carboxylic acids is 1. The van der Waals surface area contributed by atoms with Crippen LogP contribution in [0.1, 0.15) is 21.0 Å². The number of carbonyl (C=O) groups is 2. The number of hydrogen-bond donors (Lipinski definition) is 1. The van der Waals surface area contributed by atoms with Gasteiger partial charge in [0.1, 0.15) is 11.3 Å². The molecule has 0 unspecified atom stereocenters. The Hall–Kier alpha value is -2.37. The largest absolute Gasteiger partial charge is 0.477 e. The SMILES string of the molecule is CN(C)C(=O)c1cc(C(=O)O)nc2cccn12. The first-order valence-corrected chi connectivity index (χ1v) is 4.94. The zero-order valence-corrected chi connectivity index (χ0v) is 9.41. The van der Waals surface area contributed by atoms with Crippen LogP contribution in [0.3, 0.4) is 0 Å². The maximum atomic E-state index is 11.9. The molecule has 2 heterocycles. The number of carboxylic acids is 1. The fourth-order valence-electron chi connectivity index (χ4n) is 1.52. The van der Waals surface area contributed by atoms with Gasteiger partial charge in [0.2, 0.25) is 0 Å². The van der Waals surface area contributed by atoms with Gasteiger partial charge in [-0.3, -0.25) is 9.20 Å². The fourth-order valence-corrected chi connectivity index (χ4v) is 1.52. The molecule has 0 aliphatic heterocycles. The molecule has 0 bridgehead atoms. The molecule has 88 valence electrons. The van der Waals surface area contributed by atoms with Gasteiger partial charge in [0.25, 0.3) is 5.91 Å². The lowest BCUT2D eigenvalue weighted by molar-refractivity contribution is 0.0690. The lowest BCUT2D eigenvalue weighted by Crippen LogP contribution is -2.24. The van der Waals surface area contributed by atoms with Crippen LogP contribution >= 0.6 is 0 Å². The van der Waals surface area contributed by atoms with E-state index in [-0.39, 0.29) is 17.3 Å². The smallest absolute Gasteiger partial charge is 0.354 e. The fraction of sp³-hybridized carbons (Fsp3) is 0.182. The van der Waals surface area contributed by atoms with Crippen LogP contribution in [-0.4, -0.2) is 45.4 Å². The third-order valence-electron chi connectivity index (χ3n) is 2.34. The van der Waals surface area contributed by atoms with E-state index >= 15 is 0 Å². The molecule has 0 aliphatic rings. The van der Waals surface area contributed by atoms with Crippen LogP contribution in [0.4, 0.5) is 0 Å². The van der Waals surface area contributed by atoms with Gasteiger partial charge in [0.15, 0.2) is 5.69 Å². The molecule has 2 aromatic heterocycles. The summed E-state index contributed by atoms with van der Waals surface area (Å²) >= 11 is 0. The number of aromatic nitrogens is 2. The van der Waals surface area contributed by atoms with Gasteiger partial charge in [-0.2, -0.15) is 0 Å². The summed E-state index contributed by atoms with van der Waals surface area (Å²) in [6, 6.07) is 4.64. The molecule has 2 rings (SSSR count). The molecule has 1 amide bonds. The van der Waals surface area contributed by atoms with Crippen molar-refractivity contribution < 1.29 is 14.7 Å². The zero-order valence-electron chi connectivity index (χ0n) is 9.41. The molecular formula is C11H11N3O3. The Morgan fingerprint density at radius 3 is 2.71 bits per heavy atom. The van der Waals surface area contributed by atoms with Crippen molar-refractivity contribution in [3.8, 4) is 0 Å². The minimum absolute atomic E-state index is 0.138. The molecule has 0 radical (unpaired) electrons. The Kier molecular flexibility index (Phi) is 2.55. The van der Waals surface area contributed by atoms with E-state index in [1.54, 1.807) is 36.8 Å². The molecule has 6 nitrogen and oxygen atoms in total. The molecule has 0 fully saturated rings. The first kappa shape index (κ1) is 11.1. The van der Waals surface area contributed by atoms with Crippen LogP contribution in [-0.2, 0) is 0 Å². The minimum atomic E-state index is -1.15. The quantitative estimate of drug-likeness (QED) is 0.829. The van der Waals surface area contributed by atoms with Gasteiger partial charge in [0, 0.05) is 26.4 Å². The van der Waals surface area contributed by atoms with Crippen LogP contribution in [0.25, 0.3) is 5.65 Å². The molecule has 0 aromatic carbocycles. The van der Waals surface area contributed by atoms with E-state index in [1.165, 1.54) is 11.0 Å². The lowest BCUT2D eigenvalue weighted by atomic mass is 10.3. The van der Waals surface area contributed by atoms with Crippen LogP contribution in [0.2, 0.25) is 0 Å². The van der Waals surface area contributed by atoms with Crippen LogP contribution in [0, 0.1) is 0 Å². The Morgan fingerprint density at radius 2 is 2.12 bits per heavy atom. The van der Waals surface area contributed by atoms with E-state index in [4.69, 9.17) is 5.11 Å². The lowest BCUT2D eigenvalue weighted by Gasteiger charge is -2.12. The van der Waals surface area contributed by atoms with Crippen LogP contribution in [0.15, 0.2) is 24.4 Å². The van der Waals surface area contributed by atoms with E-state index < -0.39 is 5.97 Å². The number of rotatable bonds is 2. The topological polar surface area (TPSA) is 74.9 Å². The van der Waals surface area contributed by atoms with Crippen LogP contribution < -0.4 is 0 Å². The van der Waals surface area contributed by atoms with Gasteiger partial charge in [-0.1, -0.05) is 0 Å². The van der Waals surface area contributed by atoms with Gasteiger partial charge in [0.05, 0.1) is 0 Å². The Labute approximate surface area is 97.1 Å². The molecule has 0 atom stereocenters. The maximum Gasteiger partial charge on any atom is 0.354 e. The summed E-state index contributed by atoms with van der Waals surface area (Å²) in [6.45, 7) is 0. The summed E-state index contributed by atoms with van der Waals surface area (Å²) in [7, 11) is 3.22. The van der Waals surface area contributed by atoms with Gasteiger partial charge in [-0.15, -0.1) is 0 Å². The average Bonchev–Trinajstić information content (AvgIpc) is 2.74. The van der Waals surface area contributed by atoms with Crippen molar-refractivity contribution >= 4 is 17.5 Å². The monoisotopic (exact) mass is 233 g/mol. The zero-order chi connectivity index (χ0) is 12.6. The van der Waals surface area contributed by atoms with Crippen molar-refractivity contribution in [2.24, 2.45) is 0 Å². The Morgan fingerprint density at radius 1 is 1.41 bits per heavy atom. The van der Waals surface area contributed by atoms with Crippen molar-refractivity contribution in [1.82, 2.24) is 14.3 Å². The molecule has 0 saturated carbocycles. The normalized spacial score (nSPS) is 10.5. The number of amides is 1. The summed E-state index contributed by atoms with van der Waals surface area (Å²) in [6.07, 6.45) is 1.67. The van der Waals surface area contributed by atoms with Crippen molar-refractivity contribution in [2.45, 2.75) is 0 Å². The highest BCUT2D eigenvalue weighted by molar-refractivity contribution is 5.96. The highest BCUT2D eigenvalue weighted by Crippen LogP contribution is 2.11. The third-order valence-corrected chi connectivity index (χ3v) is 2.34. The molecule has 0 saturated heterocycles. The number of fused-ring (bicyclic) bond motifs is 1. The number of hydrogen-bond acceptors (Lipinski definition) is 3. The van der Waals surface area contributed by atoms with E-state index in [9.17, 15) is 9.59 Å². The summed E-state index contributed by atoms with van der Waals surface area (Å²) in [4.78, 5) is 28.1. The predicted octanol–water partition coefficient (Wildman–Crippen LogP) is 0.734. The van der Waals surface area contributed by atoms with E-state index in [2.05, 4.69) is 4.98 Å². The van der Waals surface area contributed by atoms with Crippen molar-refractivity contribution in [3.05, 3.63) is 35.8 Å². The second-order valence-corrected chi connectivity index (χ2v) is 3.77. The highest BCUT2D eigenvalue weighted by atomic mass is 16.4. The van der Waals surface area contributed by atoms with E-state index in [1.807, 2.05) is 0 Å². The van der Waals surface area contributed by atoms with Gasteiger partial charge in [-0.05, 0) is 12.1 Å². The molecule has 6 heteroatoms. The molecule has 1 N–H and O–H groups in total. The number of carbonyl (C=O) groups excluding carboxylic acids is 1. The molecule has 0 spiro atoms. The second-order valence-electron chi connectivity index (χ2n) is 3.77. The number of nitrogens with zero attached hydrogens (tertiary/aromatic N) is 3. The van der Waals surface area contributed by atoms with Gasteiger partial charge >= 0.3 is 5.97 Å². The third kappa shape index (κ3) is 1.84. The van der Waals surface area contributed by atoms with E-state index in [0.717, 1.165) is 0 Å². The first-order valence-electron chi connectivity index (χ1n) is 4.94. The standard InChI is InChI=1S/C11H11N3O3/c1-13(2)10(15)8-6-7(11(16)17)12-9-4-3-5-14(8)9/h3-6H,1-2H3,(H,16,17). The summed E-state index contributed by atoms with van der Waals surface area (Å²) in [5, 5.41) is 8.93. The summed E-state index contributed by atoms with van der Waals surface area (Å²) in [5.74, 6) is -1.42. The molecule has 17 heavy (non-hydrogen) atoms. The summed E-state index contributed by atoms with van der Waals surface area (Å²) in [5.41, 5.74) is 0.582. The van der Waals surface area contributed by atoms with Crippen molar-refractivity contribution in [1.29, 1.82) is 0 Å². The molecule has 2 aromatic rings. The minimum Gasteiger partial charge on any atom is -0.477 e. The average molecular weight is 233 g/mol. The predicted molar refractivity (Wildman–Crippen MR) is 60.2 cm³/mol. The highest BCUT2D eigenvalue weighted by Gasteiger charge is 2.16. The van der Waals surface area contributed by atoms with E-state index in [0.29, 0.717) is 5.65 Å². The second kappa shape index (κ2) is 3.89.